The molecule has 2 aromatic carbocycles. The molecule has 0 aliphatic rings. The van der Waals surface area contributed by atoms with Gasteiger partial charge in [0.05, 0.1) is 10.9 Å². The molecule has 0 N–H and O–H groups in total. The molecule has 0 radical (unpaired) electrons. The first-order valence-electron chi connectivity index (χ1n) is 7.90. The molecule has 3 nitrogen and oxygen atoms in total. The summed E-state index contributed by atoms with van der Waals surface area (Å²) in [5.41, 5.74) is 1.27. The first-order chi connectivity index (χ1) is 12.2. The van der Waals surface area contributed by atoms with E-state index in [9.17, 15) is 8.78 Å². The maximum Gasteiger partial charge on any atom is 0.235 e. The number of fused-ring (bicyclic) bond motifs is 3. The van der Waals surface area contributed by atoms with Crippen molar-refractivity contribution in [3.63, 3.8) is 0 Å². The summed E-state index contributed by atoms with van der Waals surface area (Å²) >= 11 is 1.40. The van der Waals surface area contributed by atoms with Crippen molar-refractivity contribution in [2.45, 2.75) is 20.0 Å². The fraction of sp³-hybridized carbons (Fsp3) is 0.158. The van der Waals surface area contributed by atoms with Crippen molar-refractivity contribution >= 4 is 31.6 Å². The van der Waals surface area contributed by atoms with Gasteiger partial charge in [0.2, 0.25) is 5.88 Å². The van der Waals surface area contributed by atoms with Gasteiger partial charge in [-0.05, 0) is 29.8 Å². The summed E-state index contributed by atoms with van der Waals surface area (Å²) < 4.78 is 34.9. The van der Waals surface area contributed by atoms with Crippen LogP contribution in [0.4, 0.5) is 8.78 Å². The first kappa shape index (κ1) is 15.9. The summed E-state index contributed by atoms with van der Waals surface area (Å²) in [6, 6.07) is 11.2. The minimum atomic E-state index is -0.313. The highest BCUT2D eigenvalue weighted by Gasteiger charge is 2.17. The van der Waals surface area contributed by atoms with Gasteiger partial charge in [0, 0.05) is 11.1 Å². The molecule has 4 aromatic rings. The van der Waals surface area contributed by atoms with Gasteiger partial charge in [-0.15, -0.1) is 11.3 Å². The molecule has 6 heteroatoms. The summed E-state index contributed by atoms with van der Waals surface area (Å²) in [6.45, 7) is 2.12. The normalized spacial score (nSPS) is 11.3. The van der Waals surface area contributed by atoms with E-state index in [0.29, 0.717) is 39.3 Å². The molecule has 4 rings (SSSR count). The number of hydrogen-bond acceptors (Lipinski definition) is 4. The fourth-order valence-corrected chi connectivity index (χ4v) is 3.80. The summed E-state index contributed by atoms with van der Waals surface area (Å²) in [5, 5.41) is 0.496. The van der Waals surface area contributed by atoms with Crippen LogP contribution in [0.25, 0.3) is 20.3 Å². The highest BCUT2D eigenvalue weighted by atomic mass is 32.1. The molecular weight excluding hydrogens is 342 g/mol. The first-order valence-corrected chi connectivity index (χ1v) is 8.72. The predicted octanol–water partition coefficient (Wildman–Crippen LogP) is 5.26. The van der Waals surface area contributed by atoms with Crippen LogP contribution in [0.2, 0.25) is 0 Å². The second-order valence-electron chi connectivity index (χ2n) is 5.61. The number of halogens is 2. The Morgan fingerprint density at radius 1 is 1.08 bits per heavy atom. The molecule has 0 aliphatic heterocycles. The summed E-state index contributed by atoms with van der Waals surface area (Å²) in [5.74, 6) is 0.379. The second kappa shape index (κ2) is 6.37. The lowest BCUT2D eigenvalue weighted by Crippen LogP contribution is -2.01. The minimum Gasteiger partial charge on any atom is -0.472 e. The molecule has 0 fully saturated rings. The zero-order chi connectivity index (χ0) is 17.4. The lowest BCUT2D eigenvalue weighted by Gasteiger charge is -2.08. The van der Waals surface area contributed by atoms with Gasteiger partial charge in [0.15, 0.2) is 0 Å². The van der Waals surface area contributed by atoms with Crippen molar-refractivity contribution < 1.29 is 13.5 Å². The van der Waals surface area contributed by atoms with Gasteiger partial charge in [-0.3, -0.25) is 0 Å². The SMILES string of the molecule is CCc1nc(OCc2cccc(F)c2)c2sc3cccc(F)c3c2n1. The Kier molecular flexibility index (Phi) is 4.05. The van der Waals surface area contributed by atoms with E-state index >= 15 is 0 Å². The minimum absolute atomic E-state index is 0.184. The van der Waals surface area contributed by atoms with Crippen LogP contribution in [0.5, 0.6) is 5.88 Å². The smallest absolute Gasteiger partial charge is 0.235 e. The number of aromatic nitrogens is 2. The molecule has 0 amide bonds. The molecule has 126 valence electrons. The number of ether oxygens (including phenoxy) is 1. The van der Waals surface area contributed by atoms with E-state index in [-0.39, 0.29) is 18.2 Å². The Bertz CT molecular complexity index is 1080. The van der Waals surface area contributed by atoms with E-state index in [0.717, 1.165) is 4.70 Å². The monoisotopic (exact) mass is 356 g/mol. The number of nitrogens with zero attached hydrogens (tertiary/aromatic N) is 2. The van der Waals surface area contributed by atoms with E-state index in [1.165, 1.54) is 29.5 Å². The zero-order valence-electron chi connectivity index (χ0n) is 13.4. The van der Waals surface area contributed by atoms with Crippen molar-refractivity contribution in [1.82, 2.24) is 9.97 Å². The standard InChI is InChI=1S/C19H14F2N2OS/c1-2-15-22-17-16-13(21)7-4-8-14(16)25-18(17)19(23-15)24-10-11-5-3-6-12(20)9-11/h3-9H,2,10H2,1H3. The van der Waals surface area contributed by atoms with Gasteiger partial charge in [0.1, 0.15) is 28.8 Å². The van der Waals surface area contributed by atoms with Crippen LogP contribution in [0.15, 0.2) is 42.5 Å². The largest absolute Gasteiger partial charge is 0.472 e. The molecular formula is C19H14F2N2OS. The van der Waals surface area contributed by atoms with Gasteiger partial charge < -0.3 is 4.74 Å². The predicted molar refractivity (Wildman–Crippen MR) is 95.0 cm³/mol. The topological polar surface area (TPSA) is 35.0 Å². The third kappa shape index (κ3) is 2.93. The van der Waals surface area contributed by atoms with Gasteiger partial charge in [0.25, 0.3) is 0 Å². The molecule has 0 spiro atoms. The number of rotatable bonds is 4. The average Bonchev–Trinajstić information content (AvgIpc) is 2.99. The number of hydrogen-bond donors (Lipinski definition) is 0. The summed E-state index contributed by atoms with van der Waals surface area (Å²) in [6.07, 6.45) is 0.609. The van der Waals surface area contributed by atoms with Crippen molar-refractivity contribution in [3.8, 4) is 5.88 Å². The summed E-state index contributed by atoms with van der Waals surface area (Å²) in [4.78, 5) is 8.93. The highest BCUT2D eigenvalue weighted by molar-refractivity contribution is 7.26. The van der Waals surface area contributed by atoms with Crippen LogP contribution in [0, 0.1) is 11.6 Å². The fourth-order valence-electron chi connectivity index (χ4n) is 2.70. The van der Waals surface area contributed by atoms with E-state index < -0.39 is 0 Å². The van der Waals surface area contributed by atoms with E-state index in [2.05, 4.69) is 9.97 Å². The maximum atomic E-state index is 14.3. The number of aryl methyl sites for hydroxylation is 1. The quantitative estimate of drug-likeness (QED) is 0.500. The average molecular weight is 356 g/mol. The Morgan fingerprint density at radius 3 is 2.72 bits per heavy atom. The Labute approximate surface area is 146 Å². The zero-order valence-corrected chi connectivity index (χ0v) is 14.2. The molecule has 0 unspecified atom stereocenters. The Hall–Kier alpha value is -2.60. The van der Waals surface area contributed by atoms with Gasteiger partial charge in [-0.25, -0.2) is 13.8 Å². The highest BCUT2D eigenvalue weighted by Crippen LogP contribution is 2.38. The van der Waals surface area contributed by atoms with Crippen molar-refractivity contribution in [2.75, 3.05) is 0 Å². The van der Waals surface area contributed by atoms with Crippen LogP contribution in [0.3, 0.4) is 0 Å². The molecule has 0 aliphatic carbocycles. The van der Waals surface area contributed by atoms with Crippen LogP contribution in [-0.4, -0.2) is 9.97 Å². The Balaban J connectivity index is 1.82. The second-order valence-corrected chi connectivity index (χ2v) is 6.66. The van der Waals surface area contributed by atoms with Crippen LogP contribution in [0.1, 0.15) is 18.3 Å². The molecule has 0 saturated carbocycles. The maximum absolute atomic E-state index is 14.3. The molecule has 2 aromatic heterocycles. The third-order valence-electron chi connectivity index (χ3n) is 3.89. The Morgan fingerprint density at radius 2 is 1.92 bits per heavy atom. The van der Waals surface area contributed by atoms with E-state index in [1.807, 2.05) is 13.0 Å². The van der Waals surface area contributed by atoms with Crippen LogP contribution in [-0.2, 0) is 13.0 Å². The number of thiophene rings is 1. The molecule has 25 heavy (non-hydrogen) atoms. The van der Waals surface area contributed by atoms with Gasteiger partial charge >= 0.3 is 0 Å². The van der Waals surface area contributed by atoms with Crippen molar-refractivity contribution in [1.29, 1.82) is 0 Å². The van der Waals surface area contributed by atoms with Crippen molar-refractivity contribution in [3.05, 3.63) is 65.5 Å². The van der Waals surface area contributed by atoms with Crippen LogP contribution < -0.4 is 4.74 Å². The number of benzene rings is 2. The molecule has 0 saturated heterocycles. The van der Waals surface area contributed by atoms with Gasteiger partial charge in [-0.1, -0.05) is 25.1 Å². The van der Waals surface area contributed by atoms with Crippen LogP contribution >= 0.6 is 11.3 Å². The molecule has 0 bridgehead atoms. The molecule has 2 heterocycles. The summed E-state index contributed by atoms with van der Waals surface area (Å²) in [7, 11) is 0. The lowest BCUT2D eigenvalue weighted by atomic mass is 10.2. The third-order valence-corrected chi connectivity index (χ3v) is 5.02. The van der Waals surface area contributed by atoms with Gasteiger partial charge in [-0.2, -0.15) is 4.98 Å². The lowest BCUT2D eigenvalue weighted by molar-refractivity contribution is 0.296. The van der Waals surface area contributed by atoms with E-state index in [4.69, 9.17) is 4.74 Å². The van der Waals surface area contributed by atoms with Crippen molar-refractivity contribution in [2.24, 2.45) is 0 Å². The molecule has 0 atom stereocenters. The van der Waals surface area contributed by atoms with E-state index in [1.54, 1.807) is 18.2 Å².